The van der Waals surface area contributed by atoms with E-state index in [9.17, 15) is 9.50 Å². The average molecular weight is 287 g/mol. The molecule has 0 amide bonds. The van der Waals surface area contributed by atoms with Gasteiger partial charge >= 0.3 is 0 Å². The molecule has 0 radical (unpaired) electrons. The van der Waals surface area contributed by atoms with Gasteiger partial charge in [-0.3, -0.25) is 0 Å². The minimum absolute atomic E-state index is 0.359. The van der Waals surface area contributed by atoms with Gasteiger partial charge in [0.25, 0.3) is 0 Å². The van der Waals surface area contributed by atoms with Crippen LogP contribution in [0, 0.1) is 5.82 Å². The molecule has 1 heterocycles. The monoisotopic (exact) mass is 286 g/mol. The van der Waals surface area contributed by atoms with Crippen LogP contribution in [-0.2, 0) is 0 Å². The highest BCUT2D eigenvalue weighted by Crippen LogP contribution is 2.26. The van der Waals surface area contributed by atoms with Gasteiger partial charge in [0.1, 0.15) is 11.9 Å². The van der Waals surface area contributed by atoms with Crippen LogP contribution < -0.4 is 0 Å². The summed E-state index contributed by atoms with van der Waals surface area (Å²) in [6.45, 7) is 0. The number of hydrogen-bond acceptors (Lipinski definition) is 2. The van der Waals surface area contributed by atoms with Gasteiger partial charge in [0.15, 0.2) is 0 Å². The van der Waals surface area contributed by atoms with Crippen LogP contribution in [0.5, 0.6) is 0 Å². The molecule has 78 valence electrons. The Balaban J connectivity index is 2.34. The summed E-state index contributed by atoms with van der Waals surface area (Å²) in [6, 6.07) is 6.47. The molecule has 15 heavy (non-hydrogen) atoms. The van der Waals surface area contributed by atoms with E-state index in [4.69, 9.17) is 0 Å². The van der Waals surface area contributed by atoms with E-state index in [1.807, 2.05) is 16.8 Å². The Morgan fingerprint density at radius 1 is 1.27 bits per heavy atom. The van der Waals surface area contributed by atoms with Crippen molar-refractivity contribution >= 4 is 27.3 Å². The summed E-state index contributed by atoms with van der Waals surface area (Å²) in [5, 5.41) is 13.7. The quantitative estimate of drug-likeness (QED) is 0.892. The highest BCUT2D eigenvalue weighted by atomic mass is 79.9. The number of rotatable bonds is 2. The number of aliphatic hydroxyl groups excluding tert-OH is 1. The molecular weight excluding hydrogens is 279 g/mol. The summed E-state index contributed by atoms with van der Waals surface area (Å²) >= 11 is 4.58. The van der Waals surface area contributed by atoms with E-state index in [1.54, 1.807) is 12.1 Å². The van der Waals surface area contributed by atoms with Crippen LogP contribution in [0.2, 0.25) is 0 Å². The van der Waals surface area contributed by atoms with Crippen LogP contribution >= 0.6 is 27.3 Å². The van der Waals surface area contributed by atoms with Gasteiger partial charge in [-0.15, -0.1) is 0 Å². The average Bonchev–Trinajstić information content (AvgIpc) is 2.74. The Morgan fingerprint density at radius 3 is 2.67 bits per heavy atom. The molecule has 1 atom stereocenters. The Labute approximate surface area is 99.3 Å². The van der Waals surface area contributed by atoms with Gasteiger partial charge in [-0.1, -0.05) is 6.07 Å². The van der Waals surface area contributed by atoms with Crippen molar-refractivity contribution in [3.8, 4) is 0 Å². The van der Waals surface area contributed by atoms with Crippen molar-refractivity contribution in [2.45, 2.75) is 6.10 Å². The predicted molar refractivity (Wildman–Crippen MR) is 62.5 cm³/mol. The van der Waals surface area contributed by atoms with Gasteiger partial charge in [-0.25, -0.2) is 4.39 Å². The third-order valence-corrected chi connectivity index (χ3v) is 3.46. The molecule has 1 N–H and O–H groups in total. The van der Waals surface area contributed by atoms with Crippen molar-refractivity contribution in [2.75, 3.05) is 0 Å². The SMILES string of the molecule is OC(c1ccsc1)c1ccc(Br)c(F)c1. The molecule has 0 aliphatic rings. The summed E-state index contributed by atoms with van der Waals surface area (Å²) in [4.78, 5) is 0. The molecule has 1 nitrogen and oxygen atoms in total. The van der Waals surface area contributed by atoms with Crippen molar-refractivity contribution in [1.82, 2.24) is 0 Å². The molecule has 2 rings (SSSR count). The minimum Gasteiger partial charge on any atom is -0.384 e. The van der Waals surface area contributed by atoms with Crippen molar-refractivity contribution in [3.63, 3.8) is 0 Å². The maximum atomic E-state index is 13.2. The Bertz CT molecular complexity index is 456. The maximum absolute atomic E-state index is 13.2. The van der Waals surface area contributed by atoms with E-state index < -0.39 is 6.10 Å². The molecule has 0 spiro atoms. The summed E-state index contributed by atoms with van der Waals surface area (Å²) in [7, 11) is 0. The van der Waals surface area contributed by atoms with E-state index in [0.29, 0.717) is 10.0 Å². The number of benzene rings is 1. The third-order valence-electron chi connectivity index (χ3n) is 2.12. The second-order valence-electron chi connectivity index (χ2n) is 3.13. The molecule has 0 aliphatic carbocycles. The Hall–Kier alpha value is -0.710. The van der Waals surface area contributed by atoms with Crippen molar-refractivity contribution < 1.29 is 9.50 Å². The van der Waals surface area contributed by atoms with Crippen molar-refractivity contribution in [3.05, 3.63) is 56.4 Å². The largest absolute Gasteiger partial charge is 0.384 e. The van der Waals surface area contributed by atoms with Crippen LogP contribution in [-0.4, -0.2) is 5.11 Å². The summed E-state index contributed by atoms with van der Waals surface area (Å²) in [5.74, 6) is -0.359. The van der Waals surface area contributed by atoms with Gasteiger partial charge in [-0.05, 0) is 56.0 Å². The number of aliphatic hydroxyl groups is 1. The molecule has 0 fully saturated rings. The fourth-order valence-electron chi connectivity index (χ4n) is 1.31. The molecular formula is C11H8BrFOS. The number of thiophene rings is 1. The molecule has 1 aromatic heterocycles. The van der Waals surface area contributed by atoms with Gasteiger partial charge in [0.05, 0.1) is 4.47 Å². The number of hydrogen-bond donors (Lipinski definition) is 1. The highest BCUT2D eigenvalue weighted by Gasteiger charge is 2.12. The normalized spacial score (nSPS) is 12.7. The molecule has 0 aliphatic heterocycles. The standard InChI is InChI=1S/C11H8BrFOS/c12-9-2-1-7(5-10(9)13)11(14)8-3-4-15-6-8/h1-6,11,14H. The summed E-state index contributed by atoms with van der Waals surface area (Å²) in [5.41, 5.74) is 1.36. The Kier molecular flexibility index (Phi) is 3.19. The fraction of sp³-hybridized carbons (Fsp3) is 0.0909. The smallest absolute Gasteiger partial charge is 0.137 e. The maximum Gasteiger partial charge on any atom is 0.137 e. The highest BCUT2D eigenvalue weighted by molar-refractivity contribution is 9.10. The van der Waals surface area contributed by atoms with Gasteiger partial charge < -0.3 is 5.11 Å². The summed E-state index contributed by atoms with van der Waals surface area (Å²) in [6.07, 6.45) is -0.751. The van der Waals surface area contributed by atoms with Gasteiger partial charge in [0, 0.05) is 0 Å². The molecule has 2 aromatic rings. The van der Waals surface area contributed by atoms with Crippen LogP contribution in [0.3, 0.4) is 0 Å². The van der Waals surface area contributed by atoms with E-state index in [0.717, 1.165) is 5.56 Å². The van der Waals surface area contributed by atoms with Gasteiger partial charge in [-0.2, -0.15) is 11.3 Å². The zero-order valence-electron chi connectivity index (χ0n) is 7.65. The molecule has 0 saturated carbocycles. The first-order valence-corrected chi connectivity index (χ1v) is 6.07. The fourth-order valence-corrected chi connectivity index (χ4v) is 2.23. The minimum atomic E-state index is -0.751. The zero-order chi connectivity index (χ0) is 10.8. The molecule has 4 heteroatoms. The third kappa shape index (κ3) is 2.27. The lowest BCUT2D eigenvalue weighted by atomic mass is 10.0. The second kappa shape index (κ2) is 4.43. The first kappa shape index (κ1) is 10.8. The Morgan fingerprint density at radius 2 is 2.07 bits per heavy atom. The second-order valence-corrected chi connectivity index (χ2v) is 4.77. The summed E-state index contributed by atoms with van der Waals surface area (Å²) < 4.78 is 13.6. The molecule has 1 unspecified atom stereocenters. The lowest BCUT2D eigenvalue weighted by Crippen LogP contribution is -1.98. The predicted octanol–water partition coefficient (Wildman–Crippen LogP) is 3.73. The van der Waals surface area contributed by atoms with E-state index in [2.05, 4.69) is 15.9 Å². The van der Waals surface area contributed by atoms with Crippen molar-refractivity contribution in [1.29, 1.82) is 0 Å². The van der Waals surface area contributed by atoms with E-state index in [-0.39, 0.29) is 5.82 Å². The lowest BCUT2D eigenvalue weighted by molar-refractivity contribution is 0.220. The van der Waals surface area contributed by atoms with Crippen LogP contribution in [0.15, 0.2) is 39.5 Å². The molecule has 0 bridgehead atoms. The van der Waals surface area contributed by atoms with E-state index >= 15 is 0 Å². The van der Waals surface area contributed by atoms with E-state index in [1.165, 1.54) is 17.4 Å². The lowest BCUT2D eigenvalue weighted by Gasteiger charge is -2.09. The first-order chi connectivity index (χ1) is 7.18. The van der Waals surface area contributed by atoms with Crippen LogP contribution in [0.1, 0.15) is 17.2 Å². The zero-order valence-corrected chi connectivity index (χ0v) is 10.1. The van der Waals surface area contributed by atoms with Gasteiger partial charge in [0.2, 0.25) is 0 Å². The topological polar surface area (TPSA) is 20.2 Å². The molecule has 1 aromatic carbocycles. The van der Waals surface area contributed by atoms with Crippen LogP contribution in [0.4, 0.5) is 4.39 Å². The number of halogens is 2. The van der Waals surface area contributed by atoms with Crippen LogP contribution in [0.25, 0.3) is 0 Å². The van der Waals surface area contributed by atoms with Crippen molar-refractivity contribution in [2.24, 2.45) is 0 Å². The molecule has 0 saturated heterocycles. The first-order valence-electron chi connectivity index (χ1n) is 4.33.